The zero-order chi connectivity index (χ0) is 13.8. The number of nitrogens with two attached hydrogens (primary N) is 1. The number of piperazine rings is 1. The van der Waals surface area contributed by atoms with Crippen LogP contribution in [0.15, 0.2) is 0 Å². The van der Waals surface area contributed by atoms with Gasteiger partial charge in [-0.3, -0.25) is 15.2 Å². The van der Waals surface area contributed by atoms with Crippen LogP contribution in [0.3, 0.4) is 0 Å². The summed E-state index contributed by atoms with van der Waals surface area (Å²) in [5, 5.41) is 15.8. The number of β-amino-alcohol motifs (C(OH)–C–C–N with tert-alkyl or cyclic N) is 1. The lowest BCUT2D eigenvalue weighted by molar-refractivity contribution is -0.160. The van der Waals surface area contributed by atoms with Crippen molar-refractivity contribution in [3.8, 4) is 0 Å². The molecule has 0 aromatic heterocycles. The van der Waals surface area contributed by atoms with Crippen molar-refractivity contribution >= 4 is 5.84 Å². The summed E-state index contributed by atoms with van der Waals surface area (Å²) in [6.07, 6.45) is -4.46. The van der Waals surface area contributed by atoms with E-state index >= 15 is 0 Å². The van der Waals surface area contributed by atoms with E-state index in [4.69, 9.17) is 16.2 Å². The van der Waals surface area contributed by atoms with Gasteiger partial charge in [-0.05, 0) is 0 Å². The summed E-state index contributed by atoms with van der Waals surface area (Å²) < 4.78 is 37.9. The maximum atomic E-state index is 12.6. The quantitative estimate of drug-likeness (QED) is 0.473. The van der Waals surface area contributed by atoms with E-state index in [1.807, 2.05) is 4.90 Å². The van der Waals surface area contributed by atoms with Crippen molar-refractivity contribution < 1.29 is 18.3 Å². The van der Waals surface area contributed by atoms with Crippen molar-refractivity contribution in [1.29, 1.82) is 5.41 Å². The summed E-state index contributed by atoms with van der Waals surface area (Å²) in [4.78, 5) is 3.65. The Morgan fingerprint density at radius 3 is 2.11 bits per heavy atom. The number of nitrogens with one attached hydrogen (secondary N) is 1. The van der Waals surface area contributed by atoms with Crippen LogP contribution in [-0.2, 0) is 0 Å². The second kappa shape index (κ2) is 6.35. The standard InChI is InChI=1S/C10H19F3N4O/c11-10(12,13)8(9(14)15)7-17-3-1-16(2-4-17)5-6-18/h8,18H,1-7H2,(H3,14,15). The Bertz CT molecular complexity index is 277. The number of aliphatic hydroxyl groups excluding tert-OH is 1. The first-order chi connectivity index (χ1) is 8.34. The van der Waals surface area contributed by atoms with E-state index in [0.29, 0.717) is 32.7 Å². The Labute approximate surface area is 104 Å². The molecule has 1 aliphatic rings. The topological polar surface area (TPSA) is 76.6 Å². The van der Waals surface area contributed by atoms with Gasteiger partial charge < -0.3 is 10.8 Å². The summed E-state index contributed by atoms with van der Waals surface area (Å²) in [5.74, 6) is -2.72. The molecule has 1 heterocycles. The molecule has 1 fully saturated rings. The lowest BCUT2D eigenvalue weighted by Gasteiger charge is -2.36. The molecule has 0 saturated carbocycles. The third kappa shape index (κ3) is 4.43. The second-order valence-corrected chi connectivity index (χ2v) is 4.42. The van der Waals surface area contributed by atoms with Crippen LogP contribution in [0.2, 0.25) is 0 Å². The van der Waals surface area contributed by atoms with Crippen molar-refractivity contribution in [3.63, 3.8) is 0 Å². The molecule has 1 saturated heterocycles. The molecule has 0 aliphatic carbocycles. The van der Waals surface area contributed by atoms with Crippen LogP contribution in [0.25, 0.3) is 0 Å². The molecule has 1 unspecified atom stereocenters. The van der Waals surface area contributed by atoms with Gasteiger partial charge in [0.15, 0.2) is 0 Å². The SMILES string of the molecule is N=C(N)C(CN1CCN(CCO)CC1)C(F)(F)F. The lowest BCUT2D eigenvalue weighted by Crippen LogP contribution is -2.51. The fraction of sp³-hybridized carbons (Fsp3) is 0.900. The number of rotatable bonds is 5. The number of amidine groups is 1. The average Bonchev–Trinajstić information content (AvgIpc) is 2.26. The Morgan fingerprint density at radius 1 is 1.22 bits per heavy atom. The number of aliphatic hydroxyl groups is 1. The Kier molecular flexibility index (Phi) is 5.36. The van der Waals surface area contributed by atoms with Crippen LogP contribution >= 0.6 is 0 Å². The Balaban J connectivity index is 2.46. The van der Waals surface area contributed by atoms with E-state index in [2.05, 4.69) is 0 Å². The predicted molar refractivity (Wildman–Crippen MR) is 61.4 cm³/mol. The fourth-order valence-corrected chi connectivity index (χ4v) is 1.97. The van der Waals surface area contributed by atoms with E-state index in [0.717, 1.165) is 0 Å². The normalized spacial score (nSPS) is 20.9. The molecular formula is C10H19F3N4O. The first-order valence-electron chi connectivity index (χ1n) is 5.80. The predicted octanol–water partition coefficient (Wildman–Crippen LogP) is -0.289. The van der Waals surface area contributed by atoms with Crippen molar-refractivity contribution in [2.45, 2.75) is 6.18 Å². The first kappa shape index (κ1) is 15.2. The van der Waals surface area contributed by atoms with Gasteiger partial charge in [-0.15, -0.1) is 0 Å². The van der Waals surface area contributed by atoms with Crippen LogP contribution in [0.4, 0.5) is 13.2 Å². The highest BCUT2D eigenvalue weighted by molar-refractivity contribution is 5.80. The molecule has 18 heavy (non-hydrogen) atoms. The van der Waals surface area contributed by atoms with Gasteiger partial charge in [0, 0.05) is 39.3 Å². The Morgan fingerprint density at radius 2 is 1.72 bits per heavy atom. The highest BCUT2D eigenvalue weighted by Crippen LogP contribution is 2.27. The van der Waals surface area contributed by atoms with Gasteiger partial charge in [-0.2, -0.15) is 13.2 Å². The molecule has 4 N–H and O–H groups in total. The minimum atomic E-state index is -4.46. The van der Waals surface area contributed by atoms with Crippen molar-refractivity contribution in [3.05, 3.63) is 0 Å². The first-order valence-corrected chi connectivity index (χ1v) is 5.80. The Hall–Kier alpha value is -0.860. The molecule has 1 rings (SSSR count). The largest absolute Gasteiger partial charge is 0.399 e. The average molecular weight is 268 g/mol. The summed E-state index contributed by atoms with van der Waals surface area (Å²) >= 11 is 0. The number of halogens is 3. The minimum absolute atomic E-state index is 0.0542. The zero-order valence-corrected chi connectivity index (χ0v) is 10.1. The van der Waals surface area contributed by atoms with Crippen LogP contribution in [-0.4, -0.2) is 72.8 Å². The molecule has 0 amide bonds. The fourth-order valence-electron chi connectivity index (χ4n) is 1.97. The van der Waals surface area contributed by atoms with Crippen LogP contribution in [0.5, 0.6) is 0 Å². The third-order valence-corrected chi connectivity index (χ3v) is 3.09. The number of nitrogens with zero attached hydrogens (tertiary/aromatic N) is 2. The maximum absolute atomic E-state index is 12.6. The van der Waals surface area contributed by atoms with E-state index in [1.165, 1.54) is 0 Å². The van der Waals surface area contributed by atoms with Gasteiger partial charge >= 0.3 is 6.18 Å². The maximum Gasteiger partial charge on any atom is 0.399 e. The molecule has 0 aromatic carbocycles. The van der Waals surface area contributed by atoms with Gasteiger partial charge in [-0.25, -0.2) is 0 Å². The van der Waals surface area contributed by atoms with Gasteiger partial charge in [-0.1, -0.05) is 0 Å². The van der Waals surface area contributed by atoms with Crippen LogP contribution < -0.4 is 5.73 Å². The van der Waals surface area contributed by atoms with Crippen LogP contribution in [0, 0.1) is 11.3 Å². The molecule has 8 heteroatoms. The summed E-state index contributed by atoms with van der Waals surface area (Å²) in [6, 6.07) is 0. The highest BCUT2D eigenvalue weighted by Gasteiger charge is 2.43. The van der Waals surface area contributed by atoms with Crippen molar-refractivity contribution in [1.82, 2.24) is 9.80 Å². The van der Waals surface area contributed by atoms with Gasteiger partial charge in [0.25, 0.3) is 0 Å². The lowest BCUT2D eigenvalue weighted by atomic mass is 10.1. The molecule has 0 aromatic rings. The summed E-state index contributed by atoms with van der Waals surface area (Å²) in [6.45, 7) is 2.60. The van der Waals surface area contributed by atoms with Crippen molar-refractivity contribution in [2.75, 3.05) is 45.9 Å². The monoisotopic (exact) mass is 268 g/mol. The van der Waals surface area contributed by atoms with E-state index in [-0.39, 0.29) is 13.2 Å². The van der Waals surface area contributed by atoms with Gasteiger partial charge in [0.1, 0.15) is 11.8 Å². The van der Waals surface area contributed by atoms with Gasteiger partial charge in [0.2, 0.25) is 0 Å². The number of hydrogen-bond donors (Lipinski definition) is 3. The molecule has 1 atom stereocenters. The van der Waals surface area contributed by atoms with Gasteiger partial charge in [0.05, 0.1) is 6.61 Å². The van der Waals surface area contributed by atoms with E-state index < -0.39 is 17.9 Å². The van der Waals surface area contributed by atoms with E-state index in [9.17, 15) is 13.2 Å². The smallest absolute Gasteiger partial charge is 0.395 e. The zero-order valence-electron chi connectivity index (χ0n) is 10.1. The molecule has 0 radical (unpaired) electrons. The summed E-state index contributed by atoms with van der Waals surface area (Å²) in [7, 11) is 0. The third-order valence-electron chi connectivity index (χ3n) is 3.09. The van der Waals surface area contributed by atoms with E-state index in [1.54, 1.807) is 4.90 Å². The molecule has 1 aliphatic heterocycles. The highest BCUT2D eigenvalue weighted by atomic mass is 19.4. The molecule has 0 bridgehead atoms. The number of hydrogen-bond acceptors (Lipinski definition) is 4. The molecule has 106 valence electrons. The van der Waals surface area contributed by atoms with Crippen molar-refractivity contribution in [2.24, 2.45) is 11.7 Å². The second-order valence-electron chi connectivity index (χ2n) is 4.42. The molecule has 5 nitrogen and oxygen atoms in total. The number of alkyl halides is 3. The summed E-state index contributed by atoms with van der Waals surface area (Å²) in [5.41, 5.74) is 5.01. The minimum Gasteiger partial charge on any atom is -0.395 e. The molecular weight excluding hydrogens is 249 g/mol. The van der Waals surface area contributed by atoms with Crippen LogP contribution in [0.1, 0.15) is 0 Å². The molecule has 0 spiro atoms.